The molecule has 0 saturated carbocycles. The van der Waals surface area contributed by atoms with E-state index in [1.807, 2.05) is 48.5 Å². The molecule has 0 aliphatic heterocycles. The van der Waals surface area contributed by atoms with E-state index in [1.165, 1.54) is 0 Å². The fraction of sp³-hybridized carbons (Fsp3) is 0.0667. The molecule has 6 nitrogen and oxygen atoms in total. The van der Waals surface area contributed by atoms with E-state index >= 15 is 0 Å². The lowest BCUT2D eigenvalue weighted by molar-refractivity contribution is 0.474. The SMILES string of the molecule is C=CCc1cc(Br)c2nc3cc(Br)c(Br)cc3nc2c1O.C=CCc1cc(Br)c2nc3ccccc3nc2c1O. The van der Waals surface area contributed by atoms with Crippen LogP contribution in [0.4, 0.5) is 0 Å². The molecule has 0 saturated heterocycles. The highest BCUT2D eigenvalue weighted by Gasteiger charge is 2.15. The standard InChI is InChI=1S/C15H9Br3N2O.C15H11BrN2O/c1-2-3-7-4-10(18)13-14(15(7)21)20-12-6-9(17)8(16)5-11(12)19-13;1-2-5-9-8-10(16)13-14(15(9)19)18-12-7-4-3-6-11(12)17-13/h2,4-6,21H,1,3H2;2-4,6-8,19H,1,5H2. The van der Waals surface area contributed by atoms with Gasteiger partial charge in [-0.2, -0.15) is 0 Å². The van der Waals surface area contributed by atoms with Crippen molar-refractivity contribution in [3.63, 3.8) is 0 Å². The van der Waals surface area contributed by atoms with Crippen LogP contribution in [-0.2, 0) is 12.8 Å². The number of rotatable bonds is 4. The Bertz CT molecular complexity index is 1980. The molecule has 0 atom stereocenters. The average molecular weight is 788 g/mol. The number of fused-ring (bicyclic) bond motifs is 4. The van der Waals surface area contributed by atoms with Crippen molar-refractivity contribution in [3.8, 4) is 11.5 Å². The van der Waals surface area contributed by atoms with Crippen LogP contribution in [0.5, 0.6) is 11.5 Å². The Kier molecular flexibility index (Phi) is 8.51. The monoisotopic (exact) mass is 784 g/mol. The number of nitrogens with zero attached hydrogens (tertiary/aromatic N) is 4. The van der Waals surface area contributed by atoms with Crippen molar-refractivity contribution in [2.75, 3.05) is 0 Å². The number of aromatic nitrogens is 4. The van der Waals surface area contributed by atoms with Crippen molar-refractivity contribution in [1.29, 1.82) is 0 Å². The fourth-order valence-corrected chi connectivity index (χ4v) is 5.99. The number of allylic oxidation sites excluding steroid dienone is 2. The van der Waals surface area contributed by atoms with Gasteiger partial charge in [-0.1, -0.05) is 24.3 Å². The third-order valence-corrected chi connectivity index (χ3v) is 9.17. The topological polar surface area (TPSA) is 92.0 Å². The predicted octanol–water partition coefficient (Wildman–Crippen LogP) is 9.48. The molecule has 0 amide bonds. The molecule has 0 aliphatic carbocycles. The summed E-state index contributed by atoms with van der Waals surface area (Å²) in [7, 11) is 0. The predicted molar refractivity (Wildman–Crippen MR) is 176 cm³/mol. The normalized spacial score (nSPS) is 11.1. The van der Waals surface area contributed by atoms with Gasteiger partial charge in [0.05, 0.1) is 22.1 Å². The zero-order valence-electron chi connectivity index (χ0n) is 20.8. The molecule has 6 aromatic rings. The van der Waals surface area contributed by atoms with Crippen LogP contribution in [0.15, 0.2) is 91.7 Å². The largest absolute Gasteiger partial charge is 0.505 e. The van der Waals surface area contributed by atoms with Gasteiger partial charge in [-0.15, -0.1) is 13.2 Å². The van der Waals surface area contributed by atoms with E-state index in [0.717, 1.165) is 51.1 Å². The van der Waals surface area contributed by atoms with Crippen LogP contribution in [0, 0.1) is 0 Å². The molecule has 0 aliphatic rings. The van der Waals surface area contributed by atoms with Crippen molar-refractivity contribution in [2.24, 2.45) is 0 Å². The number of benzene rings is 4. The van der Waals surface area contributed by atoms with Crippen LogP contribution in [0.3, 0.4) is 0 Å². The maximum Gasteiger partial charge on any atom is 0.147 e. The van der Waals surface area contributed by atoms with Gasteiger partial charge in [-0.3, -0.25) is 0 Å². The van der Waals surface area contributed by atoms with Crippen LogP contribution in [0.2, 0.25) is 0 Å². The van der Waals surface area contributed by atoms with Crippen LogP contribution >= 0.6 is 63.7 Å². The van der Waals surface area contributed by atoms with Crippen molar-refractivity contribution in [1.82, 2.24) is 19.9 Å². The second-order valence-corrected chi connectivity index (χ2v) is 12.2. The van der Waals surface area contributed by atoms with Gasteiger partial charge in [-0.25, -0.2) is 19.9 Å². The van der Waals surface area contributed by atoms with E-state index in [1.54, 1.807) is 12.2 Å². The van der Waals surface area contributed by atoms with E-state index in [0.29, 0.717) is 34.9 Å². The minimum atomic E-state index is 0.154. The Hall–Kier alpha value is -2.92. The lowest BCUT2D eigenvalue weighted by Gasteiger charge is -2.09. The molecule has 0 bridgehead atoms. The number of aromatic hydroxyl groups is 2. The highest BCUT2D eigenvalue weighted by atomic mass is 79.9. The van der Waals surface area contributed by atoms with E-state index in [2.05, 4.69) is 96.8 Å². The first-order valence-electron chi connectivity index (χ1n) is 12.0. The number of halogens is 4. The average Bonchev–Trinajstić information content (AvgIpc) is 2.94. The van der Waals surface area contributed by atoms with Crippen molar-refractivity contribution in [3.05, 3.63) is 103 Å². The molecule has 6 rings (SSSR count). The van der Waals surface area contributed by atoms with Crippen molar-refractivity contribution >= 4 is 108 Å². The van der Waals surface area contributed by atoms with Gasteiger partial charge in [0, 0.05) is 29.0 Å². The molecule has 2 aromatic heterocycles. The summed E-state index contributed by atoms with van der Waals surface area (Å²) in [6.45, 7) is 7.40. The van der Waals surface area contributed by atoms with Crippen LogP contribution in [0.25, 0.3) is 44.1 Å². The Morgan fingerprint density at radius 1 is 0.550 bits per heavy atom. The number of para-hydroxylation sites is 2. The second kappa shape index (κ2) is 11.9. The van der Waals surface area contributed by atoms with E-state index in [-0.39, 0.29) is 11.5 Å². The Balaban J connectivity index is 0.000000162. The van der Waals surface area contributed by atoms with Gasteiger partial charge in [0.2, 0.25) is 0 Å². The zero-order valence-corrected chi connectivity index (χ0v) is 27.1. The van der Waals surface area contributed by atoms with Crippen molar-refractivity contribution < 1.29 is 10.2 Å². The van der Waals surface area contributed by atoms with Crippen molar-refractivity contribution in [2.45, 2.75) is 12.8 Å². The van der Waals surface area contributed by atoms with E-state index in [9.17, 15) is 10.2 Å². The summed E-state index contributed by atoms with van der Waals surface area (Å²) in [5.41, 5.74) is 6.94. The highest BCUT2D eigenvalue weighted by Crippen LogP contribution is 2.36. The maximum atomic E-state index is 10.4. The molecule has 0 fully saturated rings. The summed E-state index contributed by atoms with van der Waals surface area (Å²) in [4.78, 5) is 18.2. The molecule has 4 aromatic carbocycles. The Morgan fingerprint density at radius 3 is 1.35 bits per heavy atom. The van der Waals surface area contributed by atoms with Gasteiger partial charge < -0.3 is 10.2 Å². The first-order chi connectivity index (χ1) is 19.2. The van der Waals surface area contributed by atoms with Gasteiger partial charge in [-0.05, 0) is 113 Å². The molecule has 200 valence electrons. The summed E-state index contributed by atoms with van der Waals surface area (Å²) in [6.07, 6.45) is 4.66. The number of phenols is 2. The number of phenolic OH excluding ortho intramolecular Hbond substituents is 2. The van der Waals surface area contributed by atoms with Gasteiger partial charge >= 0.3 is 0 Å². The second-order valence-electron chi connectivity index (χ2n) is 8.80. The zero-order chi connectivity index (χ0) is 28.6. The van der Waals surface area contributed by atoms with E-state index in [4.69, 9.17) is 0 Å². The molecule has 0 spiro atoms. The number of hydrogen-bond donors (Lipinski definition) is 2. The van der Waals surface area contributed by atoms with Gasteiger partial charge in [0.25, 0.3) is 0 Å². The molecule has 0 unspecified atom stereocenters. The minimum absolute atomic E-state index is 0.154. The lowest BCUT2D eigenvalue weighted by Crippen LogP contribution is -1.93. The molecule has 40 heavy (non-hydrogen) atoms. The Labute approximate surface area is 263 Å². The highest BCUT2D eigenvalue weighted by molar-refractivity contribution is 9.13. The van der Waals surface area contributed by atoms with Gasteiger partial charge in [0.15, 0.2) is 0 Å². The molecule has 10 heteroatoms. The maximum absolute atomic E-state index is 10.4. The summed E-state index contributed by atoms with van der Waals surface area (Å²) in [6, 6.07) is 15.1. The molecule has 2 heterocycles. The van der Waals surface area contributed by atoms with Gasteiger partial charge in [0.1, 0.15) is 33.6 Å². The quantitative estimate of drug-likeness (QED) is 0.137. The first-order valence-corrected chi connectivity index (χ1v) is 15.1. The molecule has 2 N–H and O–H groups in total. The Morgan fingerprint density at radius 2 is 0.925 bits per heavy atom. The smallest absolute Gasteiger partial charge is 0.147 e. The minimum Gasteiger partial charge on any atom is -0.505 e. The summed E-state index contributed by atoms with van der Waals surface area (Å²) in [5.74, 6) is 0.331. The van der Waals surface area contributed by atoms with Crippen LogP contribution in [-0.4, -0.2) is 30.1 Å². The van der Waals surface area contributed by atoms with E-state index < -0.39 is 0 Å². The first kappa shape index (κ1) is 28.6. The lowest BCUT2D eigenvalue weighted by atomic mass is 10.1. The summed E-state index contributed by atoms with van der Waals surface area (Å²) >= 11 is 13.9. The van der Waals surface area contributed by atoms with Crippen LogP contribution in [0.1, 0.15) is 11.1 Å². The van der Waals surface area contributed by atoms with Crippen LogP contribution < -0.4 is 0 Å². The molecular formula is C30H20Br4N4O2. The molecule has 0 radical (unpaired) electrons. The molecular weight excluding hydrogens is 768 g/mol. The third-order valence-electron chi connectivity index (χ3n) is 6.12. The fourth-order valence-electron chi connectivity index (χ4n) is 4.22. The third kappa shape index (κ3) is 5.50. The summed E-state index contributed by atoms with van der Waals surface area (Å²) < 4.78 is 3.44. The summed E-state index contributed by atoms with van der Waals surface area (Å²) in [5, 5.41) is 20.7. The number of hydrogen-bond acceptors (Lipinski definition) is 6.